The molecule has 0 aliphatic carbocycles. The lowest BCUT2D eigenvalue weighted by atomic mass is 9.95. The molecule has 1 unspecified atom stereocenters. The van der Waals surface area contributed by atoms with Crippen LogP contribution in [0.4, 0.5) is 0 Å². The molecule has 0 radical (unpaired) electrons. The molecule has 0 bridgehead atoms. The zero-order valence-corrected chi connectivity index (χ0v) is 21.3. The Bertz CT molecular complexity index is 1100. The van der Waals surface area contributed by atoms with Gasteiger partial charge in [-0.25, -0.2) is 0 Å². The molecule has 1 N–H and O–H groups in total. The van der Waals surface area contributed by atoms with Gasteiger partial charge in [-0.15, -0.1) is 0 Å². The van der Waals surface area contributed by atoms with Crippen molar-refractivity contribution in [3.8, 4) is 11.5 Å². The SMILES string of the molecule is CCCOc1ccc(/C(O)=C2/C(=O)C(=O)N(CCN(CC)CC)C2c2ccc(OC(C)=O)cc2)cc1. The van der Waals surface area contributed by atoms with E-state index >= 15 is 0 Å². The van der Waals surface area contributed by atoms with Crippen molar-refractivity contribution >= 4 is 23.4 Å². The number of likely N-dealkylation sites (tertiary alicyclic amines) is 1. The van der Waals surface area contributed by atoms with Crippen molar-refractivity contribution in [3.05, 3.63) is 65.2 Å². The first-order valence-corrected chi connectivity index (χ1v) is 12.3. The normalized spacial score (nSPS) is 17.0. The number of ketones is 1. The molecule has 3 rings (SSSR count). The fourth-order valence-corrected chi connectivity index (χ4v) is 4.21. The Labute approximate surface area is 212 Å². The van der Waals surface area contributed by atoms with Crippen molar-refractivity contribution in [3.63, 3.8) is 0 Å². The third-order valence-corrected chi connectivity index (χ3v) is 6.15. The molecule has 36 heavy (non-hydrogen) atoms. The first kappa shape index (κ1) is 26.9. The minimum atomic E-state index is -0.775. The summed E-state index contributed by atoms with van der Waals surface area (Å²) in [5.74, 6) is -1.05. The zero-order valence-electron chi connectivity index (χ0n) is 21.3. The number of rotatable bonds is 11. The van der Waals surface area contributed by atoms with Crippen LogP contribution >= 0.6 is 0 Å². The van der Waals surface area contributed by atoms with Gasteiger partial charge >= 0.3 is 5.97 Å². The minimum absolute atomic E-state index is 0.0296. The Kier molecular flexibility index (Phi) is 9.25. The summed E-state index contributed by atoms with van der Waals surface area (Å²) in [6.07, 6.45) is 0.870. The topological polar surface area (TPSA) is 96.4 Å². The summed E-state index contributed by atoms with van der Waals surface area (Å²) in [4.78, 5) is 41.3. The van der Waals surface area contributed by atoms with E-state index in [2.05, 4.69) is 4.90 Å². The van der Waals surface area contributed by atoms with Crippen molar-refractivity contribution in [2.24, 2.45) is 0 Å². The molecule has 0 spiro atoms. The van der Waals surface area contributed by atoms with Crippen LogP contribution in [0.2, 0.25) is 0 Å². The van der Waals surface area contributed by atoms with E-state index in [1.807, 2.05) is 20.8 Å². The number of likely N-dealkylation sites (N-methyl/N-ethyl adjacent to an activating group) is 1. The van der Waals surface area contributed by atoms with Crippen LogP contribution in [0.5, 0.6) is 11.5 Å². The first-order chi connectivity index (χ1) is 17.3. The Morgan fingerprint density at radius 3 is 2.14 bits per heavy atom. The average Bonchev–Trinajstić information content (AvgIpc) is 3.13. The second-order valence-corrected chi connectivity index (χ2v) is 8.55. The van der Waals surface area contributed by atoms with E-state index in [1.165, 1.54) is 11.8 Å². The minimum Gasteiger partial charge on any atom is -0.507 e. The largest absolute Gasteiger partial charge is 0.507 e. The summed E-state index contributed by atoms with van der Waals surface area (Å²) in [5, 5.41) is 11.2. The first-order valence-electron chi connectivity index (χ1n) is 12.3. The number of aliphatic hydroxyl groups is 1. The van der Waals surface area contributed by atoms with Gasteiger partial charge in [0.25, 0.3) is 11.7 Å². The van der Waals surface area contributed by atoms with Crippen molar-refractivity contribution in [2.75, 3.05) is 32.8 Å². The summed E-state index contributed by atoms with van der Waals surface area (Å²) >= 11 is 0. The summed E-state index contributed by atoms with van der Waals surface area (Å²) in [7, 11) is 0. The van der Waals surface area contributed by atoms with Crippen LogP contribution in [0.15, 0.2) is 54.1 Å². The van der Waals surface area contributed by atoms with Crippen LogP contribution in [-0.2, 0) is 14.4 Å². The molecule has 1 aliphatic heterocycles. The quantitative estimate of drug-likeness (QED) is 0.165. The van der Waals surface area contributed by atoms with Crippen LogP contribution in [-0.4, -0.2) is 65.4 Å². The molecule has 1 amide bonds. The number of benzene rings is 2. The van der Waals surface area contributed by atoms with Gasteiger partial charge in [0.15, 0.2) is 0 Å². The van der Waals surface area contributed by atoms with Crippen LogP contribution in [0.1, 0.15) is 51.3 Å². The highest BCUT2D eigenvalue weighted by Crippen LogP contribution is 2.40. The maximum Gasteiger partial charge on any atom is 0.308 e. The molecule has 1 atom stereocenters. The predicted octanol–water partition coefficient (Wildman–Crippen LogP) is 4.16. The number of amides is 1. The van der Waals surface area contributed by atoms with E-state index < -0.39 is 23.7 Å². The Balaban J connectivity index is 2.03. The van der Waals surface area contributed by atoms with Crippen molar-refractivity contribution < 1.29 is 29.0 Å². The lowest BCUT2D eigenvalue weighted by molar-refractivity contribution is -0.140. The second kappa shape index (κ2) is 12.4. The second-order valence-electron chi connectivity index (χ2n) is 8.55. The Morgan fingerprint density at radius 2 is 1.58 bits per heavy atom. The van der Waals surface area contributed by atoms with Gasteiger partial charge in [-0.2, -0.15) is 0 Å². The van der Waals surface area contributed by atoms with Gasteiger partial charge < -0.3 is 24.4 Å². The smallest absolute Gasteiger partial charge is 0.308 e. The highest BCUT2D eigenvalue weighted by atomic mass is 16.5. The predicted molar refractivity (Wildman–Crippen MR) is 137 cm³/mol. The monoisotopic (exact) mass is 494 g/mol. The molecule has 8 heteroatoms. The van der Waals surface area contributed by atoms with Crippen molar-refractivity contribution in [1.82, 2.24) is 9.80 Å². The highest BCUT2D eigenvalue weighted by Gasteiger charge is 2.46. The van der Waals surface area contributed by atoms with Crippen LogP contribution < -0.4 is 9.47 Å². The molecule has 1 aliphatic rings. The molecular weight excluding hydrogens is 460 g/mol. The third-order valence-electron chi connectivity index (χ3n) is 6.15. The summed E-state index contributed by atoms with van der Waals surface area (Å²) in [5.41, 5.74) is 1.08. The van der Waals surface area contributed by atoms with E-state index in [4.69, 9.17) is 9.47 Å². The number of carbonyl (C=O) groups excluding carboxylic acids is 3. The van der Waals surface area contributed by atoms with Crippen LogP contribution in [0.3, 0.4) is 0 Å². The summed E-state index contributed by atoms with van der Waals surface area (Å²) in [6.45, 7) is 10.5. The lowest BCUT2D eigenvalue weighted by Gasteiger charge is -2.28. The molecule has 2 aromatic carbocycles. The molecule has 0 aromatic heterocycles. The van der Waals surface area contributed by atoms with E-state index in [0.29, 0.717) is 42.3 Å². The zero-order chi connectivity index (χ0) is 26.2. The van der Waals surface area contributed by atoms with Gasteiger partial charge in [0, 0.05) is 25.6 Å². The molecule has 0 saturated carbocycles. The Morgan fingerprint density at radius 1 is 0.972 bits per heavy atom. The molecular formula is C28H34N2O6. The fourth-order valence-electron chi connectivity index (χ4n) is 4.21. The Hall–Kier alpha value is -3.65. The lowest BCUT2D eigenvalue weighted by Crippen LogP contribution is -2.38. The van der Waals surface area contributed by atoms with E-state index in [1.54, 1.807) is 48.5 Å². The highest BCUT2D eigenvalue weighted by molar-refractivity contribution is 6.46. The van der Waals surface area contributed by atoms with E-state index in [9.17, 15) is 19.5 Å². The molecule has 1 fully saturated rings. The van der Waals surface area contributed by atoms with Gasteiger partial charge in [0.2, 0.25) is 0 Å². The van der Waals surface area contributed by atoms with Crippen molar-refractivity contribution in [1.29, 1.82) is 0 Å². The van der Waals surface area contributed by atoms with Crippen molar-refractivity contribution in [2.45, 2.75) is 40.2 Å². The molecule has 1 heterocycles. The average molecular weight is 495 g/mol. The maximum atomic E-state index is 13.2. The molecule has 8 nitrogen and oxygen atoms in total. The number of nitrogens with zero attached hydrogens (tertiary/aromatic N) is 2. The summed E-state index contributed by atoms with van der Waals surface area (Å²) in [6, 6.07) is 12.6. The van der Waals surface area contributed by atoms with Gasteiger partial charge in [-0.3, -0.25) is 14.4 Å². The van der Waals surface area contributed by atoms with Gasteiger partial charge in [0.05, 0.1) is 18.2 Å². The number of esters is 1. The molecule has 1 saturated heterocycles. The third kappa shape index (κ3) is 6.12. The van der Waals surface area contributed by atoms with Gasteiger partial charge in [0.1, 0.15) is 17.3 Å². The number of ether oxygens (including phenoxy) is 2. The van der Waals surface area contributed by atoms with E-state index in [0.717, 1.165) is 19.5 Å². The maximum absolute atomic E-state index is 13.2. The fraction of sp³-hybridized carbons (Fsp3) is 0.393. The van der Waals surface area contributed by atoms with Crippen LogP contribution in [0.25, 0.3) is 5.76 Å². The number of Topliss-reactive ketones (excluding diaryl/α,β-unsaturated/α-hetero) is 1. The molecule has 192 valence electrons. The number of aliphatic hydroxyl groups excluding tert-OH is 1. The summed E-state index contributed by atoms with van der Waals surface area (Å²) < 4.78 is 10.7. The van der Waals surface area contributed by atoms with Crippen LogP contribution in [0, 0.1) is 0 Å². The van der Waals surface area contributed by atoms with E-state index in [-0.39, 0.29) is 11.3 Å². The number of hydrogen-bond acceptors (Lipinski definition) is 7. The number of carbonyl (C=O) groups is 3. The van der Waals surface area contributed by atoms with Gasteiger partial charge in [-0.05, 0) is 61.5 Å². The standard InChI is InChI=1S/C28H34N2O6/c1-5-18-35-22-12-10-21(11-13-22)26(32)24-25(20-8-14-23(15-9-20)36-19(4)31)30(28(34)27(24)33)17-16-29(6-2)7-3/h8-15,25,32H,5-7,16-18H2,1-4H3/b26-24-. The number of hydrogen-bond donors (Lipinski definition) is 1. The molecule has 2 aromatic rings. The van der Waals surface area contributed by atoms with Gasteiger partial charge in [-0.1, -0.05) is 32.9 Å².